The molecule has 0 aromatic carbocycles. The number of amides is 1. The third-order valence-corrected chi connectivity index (χ3v) is 5.53. The Morgan fingerprint density at radius 3 is 3.00 bits per heavy atom. The van der Waals surface area contributed by atoms with Crippen molar-refractivity contribution in [3.8, 4) is 12.1 Å². The molecule has 1 atom stereocenters. The molecule has 3 aromatic rings. The van der Waals surface area contributed by atoms with Crippen LogP contribution in [0.1, 0.15) is 35.9 Å². The van der Waals surface area contributed by atoms with E-state index in [0.29, 0.717) is 36.7 Å². The first-order chi connectivity index (χ1) is 13.7. The summed E-state index contributed by atoms with van der Waals surface area (Å²) >= 11 is 1.38. The Morgan fingerprint density at radius 2 is 2.21 bits per heavy atom. The molecule has 0 saturated carbocycles. The zero-order valence-electron chi connectivity index (χ0n) is 15.1. The minimum Gasteiger partial charge on any atom is -0.463 e. The van der Waals surface area contributed by atoms with E-state index in [9.17, 15) is 10.1 Å². The summed E-state index contributed by atoms with van der Waals surface area (Å²) in [5.41, 5.74) is 1.31. The summed E-state index contributed by atoms with van der Waals surface area (Å²) in [6, 6.07) is 7.88. The molecule has 1 amide bonds. The monoisotopic (exact) mass is 394 g/mol. The maximum atomic E-state index is 11.6. The molecule has 4 rings (SSSR count). The van der Waals surface area contributed by atoms with E-state index in [1.165, 1.54) is 11.3 Å². The zero-order chi connectivity index (χ0) is 19.3. The average Bonchev–Trinajstić information content (AvgIpc) is 3.32. The number of nitrogens with zero attached hydrogens (tertiary/aromatic N) is 6. The van der Waals surface area contributed by atoms with Gasteiger partial charge in [-0.15, -0.1) is 0 Å². The lowest BCUT2D eigenvalue weighted by atomic mass is 10.1. The molecule has 1 saturated heterocycles. The Morgan fingerprint density at radius 1 is 1.29 bits per heavy atom. The number of fused-ring (bicyclic) bond motifs is 1. The highest BCUT2D eigenvalue weighted by molar-refractivity contribution is 7.18. The number of pyridine rings is 1. The maximum Gasteiger partial charge on any atom is 0.316 e. The van der Waals surface area contributed by atoms with Gasteiger partial charge in [0.25, 0.3) is 0 Å². The van der Waals surface area contributed by atoms with Crippen LogP contribution in [0, 0.1) is 11.3 Å². The number of nitriles is 1. The molecule has 9 heteroatoms. The van der Waals surface area contributed by atoms with E-state index in [1.807, 2.05) is 17.0 Å². The summed E-state index contributed by atoms with van der Waals surface area (Å²) < 4.78 is 5.63. The molecular weight excluding hydrogens is 376 g/mol. The molecule has 0 aliphatic carbocycles. The van der Waals surface area contributed by atoms with E-state index < -0.39 is 5.92 Å². The van der Waals surface area contributed by atoms with Crippen molar-refractivity contribution in [1.29, 1.82) is 5.26 Å². The molecule has 0 bridgehead atoms. The van der Waals surface area contributed by atoms with E-state index in [4.69, 9.17) is 4.74 Å². The Bertz CT molecular complexity index is 997. The normalized spacial score (nSPS) is 15.0. The van der Waals surface area contributed by atoms with Crippen molar-refractivity contribution >= 4 is 27.6 Å². The van der Waals surface area contributed by atoms with Gasteiger partial charge in [0.2, 0.25) is 5.91 Å². The van der Waals surface area contributed by atoms with Gasteiger partial charge in [-0.2, -0.15) is 10.2 Å². The number of carbonyl (C=O) groups excluding carboxylic acids is 1. The average molecular weight is 394 g/mol. The van der Waals surface area contributed by atoms with Crippen LogP contribution in [0.4, 0.5) is 0 Å². The number of hydrogen-bond donors (Lipinski definition) is 0. The van der Waals surface area contributed by atoms with Crippen LogP contribution >= 0.6 is 11.3 Å². The van der Waals surface area contributed by atoms with Gasteiger partial charge in [0.05, 0.1) is 18.4 Å². The van der Waals surface area contributed by atoms with Gasteiger partial charge < -0.3 is 9.64 Å². The second-order valence-corrected chi connectivity index (χ2v) is 7.40. The van der Waals surface area contributed by atoms with Crippen LogP contribution in [-0.4, -0.2) is 50.4 Å². The van der Waals surface area contributed by atoms with Crippen LogP contribution in [0.2, 0.25) is 0 Å². The molecule has 1 fully saturated rings. The fourth-order valence-corrected chi connectivity index (χ4v) is 4.07. The first-order valence-corrected chi connectivity index (χ1v) is 9.91. The lowest BCUT2D eigenvalue weighted by molar-refractivity contribution is -0.127. The molecule has 1 unspecified atom stereocenters. The fraction of sp³-hybridized carbons (Fsp3) is 0.368. The van der Waals surface area contributed by atoms with Crippen molar-refractivity contribution in [1.82, 2.24) is 24.8 Å². The predicted molar refractivity (Wildman–Crippen MR) is 103 cm³/mol. The molecule has 1 aliphatic rings. The molecule has 0 radical (unpaired) electrons. The first-order valence-electron chi connectivity index (χ1n) is 9.09. The predicted octanol–water partition coefficient (Wildman–Crippen LogP) is 2.53. The van der Waals surface area contributed by atoms with Crippen LogP contribution in [0.3, 0.4) is 0 Å². The summed E-state index contributed by atoms with van der Waals surface area (Å²) in [7, 11) is 0. The van der Waals surface area contributed by atoms with E-state index in [0.717, 1.165) is 23.3 Å². The summed E-state index contributed by atoms with van der Waals surface area (Å²) in [6.07, 6.45) is 5.57. The summed E-state index contributed by atoms with van der Waals surface area (Å²) in [6.45, 7) is 1.92. The standard InChI is InChI=1S/C19H18N6O2S/c20-12-13(17-23-15-4-1-7-21-18(15)28-17)14-6-8-22-19(24-14)27-11-3-10-25-9-2-5-16(25)26/h1,4,6-8,13H,2-3,5,9-11H2. The first kappa shape index (κ1) is 18.3. The van der Waals surface area contributed by atoms with Gasteiger partial charge in [-0.25, -0.2) is 15.0 Å². The Labute approximate surface area is 165 Å². The van der Waals surface area contributed by atoms with Gasteiger partial charge in [0, 0.05) is 31.9 Å². The molecule has 0 spiro atoms. The van der Waals surface area contributed by atoms with Gasteiger partial charge >= 0.3 is 6.01 Å². The van der Waals surface area contributed by atoms with Crippen LogP contribution < -0.4 is 4.74 Å². The van der Waals surface area contributed by atoms with Crippen LogP contribution in [-0.2, 0) is 4.79 Å². The Hall–Kier alpha value is -3.12. The van der Waals surface area contributed by atoms with Crippen molar-refractivity contribution < 1.29 is 9.53 Å². The van der Waals surface area contributed by atoms with Gasteiger partial charge in [-0.1, -0.05) is 11.3 Å². The van der Waals surface area contributed by atoms with Crippen LogP contribution in [0.25, 0.3) is 10.3 Å². The minimum absolute atomic E-state index is 0.209. The lowest BCUT2D eigenvalue weighted by Crippen LogP contribution is -2.26. The van der Waals surface area contributed by atoms with E-state index in [2.05, 4.69) is 26.0 Å². The van der Waals surface area contributed by atoms with Crippen molar-refractivity contribution in [2.45, 2.75) is 25.2 Å². The Balaban J connectivity index is 1.41. The molecule has 0 N–H and O–H groups in total. The second kappa shape index (κ2) is 8.27. The lowest BCUT2D eigenvalue weighted by Gasteiger charge is -2.15. The van der Waals surface area contributed by atoms with Gasteiger partial charge in [-0.05, 0) is 31.0 Å². The SMILES string of the molecule is N#CC(c1ccnc(OCCCN2CCCC2=O)n1)c1nc2cccnc2s1. The number of rotatable bonds is 7. The quantitative estimate of drug-likeness (QED) is 0.567. The number of carbonyl (C=O) groups is 1. The molecule has 142 valence electrons. The van der Waals surface area contributed by atoms with E-state index in [1.54, 1.807) is 18.5 Å². The molecule has 28 heavy (non-hydrogen) atoms. The number of likely N-dealkylation sites (tertiary alicyclic amines) is 1. The van der Waals surface area contributed by atoms with Crippen LogP contribution in [0.15, 0.2) is 30.6 Å². The van der Waals surface area contributed by atoms with Crippen LogP contribution in [0.5, 0.6) is 6.01 Å². The van der Waals surface area contributed by atoms with Gasteiger partial charge in [0.1, 0.15) is 21.3 Å². The summed E-state index contributed by atoms with van der Waals surface area (Å²) in [5.74, 6) is -0.396. The topological polar surface area (TPSA) is 105 Å². The molecule has 3 aromatic heterocycles. The molecule has 1 aliphatic heterocycles. The minimum atomic E-state index is -0.605. The number of ether oxygens (including phenoxy) is 1. The third-order valence-electron chi connectivity index (χ3n) is 4.48. The Kier molecular flexibility index (Phi) is 5.39. The van der Waals surface area contributed by atoms with Crippen molar-refractivity contribution in [2.24, 2.45) is 0 Å². The summed E-state index contributed by atoms with van der Waals surface area (Å²) in [4.78, 5) is 31.6. The van der Waals surface area contributed by atoms with Crippen molar-refractivity contribution in [3.05, 3.63) is 41.3 Å². The van der Waals surface area contributed by atoms with Gasteiger partial charge in [-0.3, -0.25) is 4.79 Å². The fourth-order valence-electron chi connectivity index (χ4n) is 3.10. The van der Waals surface area contributed by atoms with E-state index in [-0.39, 0.29) is 11.9 Å². The number of aromatic nitrogens is 4. The maximum absolute atomic E-state index is 11.6. The summed E-state index contributed by atoms with van der Waals surface area (Å²) in [5, 5.41) is 10.3. The molecule has 4 heterocycles. The molecule has 8 nitrogen and oxygen atoms in total. The second-order valence-electron chi connectivity index (χ2n) is 6.39. The number of thiazole rings is 1. The van der Waals surface area contributed by atoms with Crippen molar-refractivity contribution in [3.63, 3.8) is 0 Å². The smallest absolute Gasteiger partial charge is 0.316 e. The molecular formula is C19H18N6O2S. The van der Waals surface area contributed by atoms with Gasteiger partial charge in [0.15, 0.2) is 0 Å². The highest BCUT2D eigenvalue weighted by atomic mass is 32.1. The van der Waals surface area contributed by atoms with Crippen molar-refractivity contribution in [2.75, 3.05) is 19.7 Å². The highest BCUT2D eigenvalue weighted by Gasteiger charge is 2.21. The largest absolute Gasteiger partial charge is 0.463 e. The zero-order valence-corrected chi connectivity index (χ0v) is 15.9. The van der Waals surface area contributed by atoms with E-state index >= 15 is 0 Å². The number of hydrogen-bond acceptors (Lipinski definition) is 8. The highest BCUT2D eigenvalue weighted by Crippen LogP contribution is 2.29. The third kappa shape index (κ3) is 3.92.